The number of aromatic nitrogens is 1. The van der Waals surface area contributed by atoms with Crippen LogP contribution < -0.4 is 0 Å². The van der Waals surface area contributed by atoms with E-state index in [1.807, 2.05) is 0 Å². The van der Waals surface area contributed by atoms with Gasteiger partial charge >= 0.3 is 0 Å². The fourth-order valence-corrected chi connectivity index (χ4v) is 12.5. The predicted molar refractivity (Wildman–Crippen MR) is 324 cm³/mol. The SMILES string of the molecule is C(=C(\Cc1ccc(-c2ccccc2)c(-c2ccccc2)c1)c1ccc(-c2ccccc2-c2ccc3c4ccccc4n(-c4ccc5c(c4)C(c4ccccc4)(c4ccccc4)c4ccccc4-5)c3c2)cc1)/c1ccccc1. The molecule has 77 heavy (non-hydrogen) atoms. The van der Waals surface area contributed by atoms with Crippen molar-refractivity contribution in [2.45, 2.75) is 11.8 Å². The minimum Gasteiger partial charge on any atom is -0.309 e. The van der Waals surface area contributed by atoms with Gasteiger partial charge in [-0.1, -0.05) is 285 Å². The summed E-state index contributed by atoms with van der Waals surface area (Å²) in [5, 5.41) is 2.47. The molecule has 1 aliphatic carbocycles. The van der Waals surface area contributed by atoms with Crippen molar-refractivity contribution in [1.82, 2.24) is 4.57 Å². The summed E-state index contributed by atoms with van der Waals surface area (Å²) in [6.07, 6.45) is 3.14. The quantitative estimate of drug-likeness (QED) is 0.114. The molecule has 0 aliphatic heterocycles. The van der Waals surface area contributed by atoms with Crippen LogP contribution in [0.1, 0.15) is 38.9 Å². The molecule has 0 amide bonds. The molecule has 0 unspecified atom stereocenters. The van der Waals surface area contributed by atoms with Crippen LogP contribution in [-0.2, 0) is 11.8 Å². The van der Waals surface area contributed by atoms with Crippen molar-refractivity contribution < 1.29 is 0 Å². The van der Waals surface area contributed by atoms with Crippen molar-refractivity contribution in [3.05, 3.63) is 342 Å². The number of benzene rings is 12. The molecule has 0 spiro atoms. The molecule has 0 N–H and O–H groups in total. The van der Waals surface area contributed by atoms with Crippen molar-refractivity contribution in [1.29, 1.82) is 0 Å². The topological polar surface area (TPSA) is 4.93 Å². The highest BCUT2D eigenvalue weighted by Crippen LogP contribution is 2.56. The summed E-state index contributed by atoms with van der Waals surface area (Å²) >= 11 is 0. The molecule has 362 valence electrons. The van der Waals surface area contributed by atoms with Crippen LogP contribution in [0.2, 0.25) is 0 Å². The fourth-order valence-electron chi connectivity index (χ4n) is 12.5. The number of rotatable bonds is 11. The van der Waals surface area contributed by atoms with E-state index in [0.29, 0.717) is 0 Å². The zero-order chi connectivity index (χ0) is 51.1. The van der Waals surface area contributed by atoms with Crippen molar-refractivity contribution in [2.24, 2.45) is 0 Å². The van der Waals surface area contributed by atoms with E-state index >= 15 is 0 Å². The second-order valence-corrected chi connectivity index (χ2v) is 20.3. The van der Waals surface area contributed by atoms with Crippen LogP contribution in [0.3, 0.4) is 0 Å². The summed E-state index contributed by atoms with van der Waals surface area (Å²) in [6, 6.07) is 112. The van der Waals surface area contributed by atoms with Crippen molar-refractivity contribution in [3.8, 4) is 61.3 Å². The van der Waals surface area contributed by atoms with Crippen LogP contribution >= 0.6 is 0 Å². The fraction of sp³-hybridized carbons (Fsp3) is 0.0263. The van der Waals surface area contributed by atoms with Gasteiger partial charge in [-0.3, -0.25) is 0 Å². The standard InChI is InChI=1S/C76H53N/c1-6-22-53(23-7-1)48-60(49-54-38-45-66(56-24-8-2-9-25-56)71(50-54)57-26-10-3-11-27-57)55-39-41-58(42-40-55)64-32-16-17-33-65(64)59-43-46-70-69-35-19-21-37-74(69)77(75(70)51-59)63-44-47-68-67-34-18-20-36-72(67)76(73(68)52-63,61-28-12-4-13-29-61)62-30-14-5-15-31-62/h1-48,50-52H,49H2/b60-48-. The Kier molecular flexibility index (Phi) is 11.6. The van der Waals surface area contributed by atoms with Crippen LogP contribution in [0.25, 0.3) is 94.8 Å². The lowest BCUT2D eigenvalue weighted by atomic mass is 9.67. The summed E-state index contributed by atoms with van der Waals surface area (Å²) in [5.41, 5.74) is 25.3. The smallest absolute Gasteiger partial charge is 0.0714 e. The third-order valence-electron chi connectivity index (χ3n) is 16.0. The van der Waals surface area contributed by atoms with E-state index in [9.17, 15) is 0 Å². The molecule has 1 nitrogen and oxygen atoms in total. The van der Waals surface area contributed by atoms with Gasteiger partial charge in [0, 0.05) is 16.5 Å². The Labute approximate surface area is 451 Å². The van der Waals surface area contributed by atoms with Crippen LogP contribution in [0.4, 0.5) is 0 Å². The molecule has 14 rings (SSSR count). The molecule has 1 heteroatoms. The van der Waals surface area contributed by atoms with Gasteiger partial charge in [-0.2, -0.15) is 0 Å². The number of fused-ring (bicyclic) bond motifs is 6. The Morgan fingerprint density at radius 1 is 0.325 bits per heavy atom. The molecule has 0 saturated carbocycles. The van der Waals surface area contributed by atoms with Crippen molar-refractivity contribution >= 4 is 33.5 Å². The predicted octanol–water partition coefficient (Wildman–Crippen LogP) is 19.6. The average Bonchev–Trinajstić information content (AvgIpc) is 4.24. The van der Waals surface area contributed by atoms with Crippen LogP contribution in [-0.4, -0.2) is 4.57 Å². The number of hydrogen-bond donors (Lipinski definition) is 0. The maximum absolute atomic E-state index is 2.49. The maximum Gasteiger partial charge on any atom is 0.0714 e. The van der Waals surface area contributed by atoms with Crippen molar-refractivity contribution in [2.75, 3.05) is 0 Å². The van der Waals surface area contributed by atoms with E-state index in [4.69, 9.17) is 0 Å². The molecule has 0 bridgehead atoms. The van der Waals surface area contributed by atoms with Gasteiger partial charge in [0.2, 0.25) is 0 Å². The van der Waals surface area contributed by atoms with Gasteiger partial charge in [0.05, 0.1) is 16.4 Å². The van der Waals surface area contributed by atoms with Gasteiger partial charge in [-0.25, -0.2) is 0 Å². The maximum atomic E-state index is 2.49. The second-order valence-electron chi connectivity index (χ2n) is 20.3. The van der Waals surface area contributed by atoms with Crippen LogP contribution in [0, 0.1) is 0 Å². The lowest BCUT2D eigenvalue weighted by Gasteiger charge is -2.34. The summed E-state index contributed by atoms with van der Waals surface area (Å²) in [4.78, 5) is 0. The first-order chi connectivity index (χ1) is 38.2. The van der Waals surface area contributed by atoms with Gasteiger partial charge in [0.15, 0.2) is 0 Å². The highest BCUT2D eigenvalue weighted by molar-refractivity contribution is 6.10. The van der Waals surface area contributed by atoms with Crippen molar-refractivity contribution in [3.63, 3.8) is 0 Å². The first-order valence-corrected chi connectivity index (χ1v) is 26.8. The Bertz CT molecular complexity index is 4260. The Morgan fingerprint density at radius 3 is 1.51 bits per heavy atom. The minimum atomic E-state index is -0.499. The number of nitrogens with zero attached hydrogens (tertiary/aromatic N) is 1. The molecule has 0 fully saturated rings. The largest absolute Gasteiger partial charge is 0.309 e. The Morgan fingerprint density at radius 2 is 0.818 bits per heavy atom. The molecule has 0 saturated heterocycles. The molecular weight excluding hydrogens is 927 g/mol. The highest BCUT2D eigenvalue weighted by atomic mass is 15.0. The number of hydrogen-bond acceptors (Lipinski definition) is 0. The summed E-state index contributed by atoms with van der Waals surface area (Å²) in [5.74, 6) is 0. The summed E-state index contributed by atoms with van der Waals surface area (Å²) < 4.78 is 2.49. The monoisotopic (exact) mass is 979 g/mol. The Hall–Kier alpha value is -9.82. The zero-order valence-corrected chi connectivity index (χ0v) is 42.6. The third kappa shape index (κ3) is 8.04. The molecule has 0 radical (unpaired) electrons. The first-order valence-electron chi connectivity index (χ1n) is 26.8. The molecule has 12 aromatic carbocycles. The normalized spacial score (nSPS) is 12.6. The van der Waals surface area contributed by atoms with E-state index in [1.54, 1.807) is 0 Å². The number of para-hydroxylation sites is 1. The second kappa shape index (κ2) is 19.5. The summed E-state index contributed by atoms with van der Waals surface area (Å²) in [6.45, 7) is 0. The van der Waals surface area contributed by atoms with Gasteiger partial charge in [0.1, 0.15) is 0 Å². The minimum absolute atomic E-state index is 0.499. The number of allylic oxidation sites excluding steroid dienone is 1. The molecule has 1 aliphatic rings. The lowest BCUT2D eigenvalue weighted by Crippen LogP contribution is -2.28. The van der Waals surface area contributed by atoms with Gasteiger partial charge < -0.3 is 4.57 Å². The van der Waals surface area contributed by atoms with Crippen LogP contribution in [0.15, 0.2) is 303 Å². The van der Waals surface area contributed by atoms with E-state index in [0.717, 1.165) is 12.1 Å². The van der Waals surface area contributed by atoms with E-state index in [2.05, 4.69) is 314 Å². The summed E-state index contributed by atoms with van der Waals surface area (Å²) in [7, 11) is 0. The highest BCUT2D eigenvalue weighted by Gasteiger charge is 2.46. The van der Waals surface area contributed by atoms with Gasteiger partial charge in [0.25, 0.3) is 0 Å². The van der Waals surface area contributed by atoms with Gasteiger partial charge in [-0.05, 0) is 131 Å². The van der Waals surface area contributed by atoms with Gasteiger partial charge in [-0.15, -0.1) is 0 Å². The molecule has 13 aromatic rings. The lowest BCUT2D eigenvalue weighted by molar-refractivity contribution is 0.767. The van der Waals surface area contributed by atoms with E-state index in [1.165, 1.54) is 122 Å². The zero-order valence-electron chi connectivity index (χ0n) is 42.6. The molecule has 0 atom stereocenters. The Balaban J connectivity index is 0.862. The molecular formula is C76H53N. The van der Waals surface area contributed by atoms with Crippen LogP contribution in [0.5, 0.6) is 0 Å². The van der Waals surface area contributed by atoms with E-state index < -0.39 is 5.41 Å². The van der Waals surface area contributed by atoms with E-state index in [-0.39, 0.29) is 0 Å². The molecule has 1 aromatic heterocycles. The average molecular weight is 980 g/mol. The first kappa shape index (κ1) is 45.8. The molecule has 1 heterocycles. The third-order valence-corrected chi connectivity index (χ3v) is 16.0.